The predicted octanol–water partition coefficient (Wildman–Crippen LogP) is 2.56. The molecule has 2 fully saturated rings. The Labute approximate surface area is 217 Å². The van der Waals surface area contributed by atoms with Gasteiger partial charge >= 0.3 is 0 Å². The van der Waals surface area contributed by atoms with Crippen molar-refractivity contribution < 1.29 is 14.9 Å². The molecule has 1 saturated carbocycles. The van der Waals surface area contributed by atoms with E-state index in [4.69, 9.17) is 19.7 Å². The number of methoxy groups -OCH3 is 1. The molecule has 10 nitrogen and oxygen atoms in total. The molecule has 0 aromatic carbocycles. The van der Waals surface area contributed by atoms with Crippen LogP contribution in [0.2, 0.25) is 0 Å². The van der Waals surface area contributed by atoms with Crippen molar-refractivity contribution in [3.63, 3.8) is 0 Å². The van der Waals surface area contributed by atoms with Crippen LogP contribution in [0.1, 0.15) is 79.1 Å². The standard InChI is InChI=1S/C26H49N7O3/c1-25(2)18-21(19-26(3,4)31-25)33(12-9-17-36-5)24-29-22(27-20-10-7-6-8-11-20)28-23(30-24)32(13-15-34)14-16-35/h20-21,31,34-35H,6-19H2,1-5H3,(H,27,28,29,30). The summed E-state index contributed by atoms with van der Waals surface area (Å²) in [5.41, 5.74) is -0.0461. The lowest BCUT2D eigenvalue weighted by Crippen LogP contribution is -2.62. The number of nitrogens with zero attached hydrogens (tertiary/aromatic N) is 5. The molecule has 36 heavy (non-hydrogen) atoms. The van der Waals surface area contributed by atoms with Gasteiger partial charge in [0.25, 0.3) is 0 Å². The lowest BCUT2D eigenvalue weighted by Gasteiger charge is -2.49. The van der Waals surface area contributed by atoms with E-state index in [1.165, 1.54) is 19.3 Å². The summed E-state index contributed by atoms with van der Waals surface area (Å²) in [5.74, 6) is 1.71. The van der Waals surface area contributed by atoms with Gasteiger partial charge in [0.05, 0.1) is 13.2 Å². The molecular weight excluding hydrogens is 458 g/mol. The second kappa shape index (κ2) is 13.2. The Morgan fingerprint density at radius 1 is 0.917 bits per heavy atom. The summed E-state index contributed by atoms with van der Waals surface area (Å²) in [4.78, 5) is 18.8. The Bertz CT molecular complexity index is 780. The van der Waals surface area contributed by atoms with E-state index in [2.05, 4.69) is 43.2 Å². The minimum Gasteiger partial charge on any atom is -0.395 e. The molecule has 4 N–H and O–H groups in total. The Balaban J connectivity index is 2.00. The van der Waals surface area contributed by atoms with E-state index in [0.29, 0.717) is 43.6 Å². The van der Waals surface area contributed by atoms with Gasteiger partial charge in [-0.05, 0) is 59.8 Å². The predicted molar refractivity (Wildman–Crippen MR) is 145 cm³/mol. The van der Waals surface area contributed by atoms with E-state index in [0.717, 1.165) is 38.6 Å². The Kier molecular flexibility index (Phi) is 10.5. The fraction of sp³-hybridized carbons (Fsp3) is 0.885. The molecule has 1 saturated heterocycles. The third-order valence-corrected chi connectivity index (χ3v) is 7.19. The zero-order valence-electron chi connectivity index (χ0n) is 23.1. The van der Waals surface area contributed by atoms with Crippen molar-refractivity contribution in [2.75, 3.05) is 61.7 Å². The van der Waals surface area contributed by atoms with Crippen LogP contribution >= 0.6 is 0 Å². The zero-order chi connectivity index (χ0) is 26.2. The monoisotopic (exact) mass is 507 g/mol. The first-order valence-electron chi connectivity index (χ1n) is 13.7. The summed E-state index contributed by atoms with van der Waals surface area (Å²) in [6.45, 7) is 11.1. The van der Waals surface area contributed by atoms with Crippen molar-refractivity contribution in [3.8, 4) is 0 Å². The maximum Gasteiger partial charge on any atom is 0.232 e. The molecule has 0 atom stereocenters. The summed E-state index contributed by atoms with van der Waals surface area (Å²) in [6, 6.07) is 0.597. The molecule has 1 aromatic heterocycles. The minimum atomic E-state index is -0.0410. The number of aromatic nitrogens is 3. The lowest BCUT2D eigenvalue weighted by molar-refractivity contribution is 0.154. The average Bonchev–Trinajstić information content (AvgIpc) is 2.80. The molecule has 2 heterocycles. The number of nitrogens with one attached hydrogen (secondary N) is 2. The number of piperidine rings is 1. The van der Waals surface area contributed by atoms with Gasteiger partial charge in [-0.15, -0.1) is 0 Å². The summed E-state index contributed by atoms with van der Waals surface area (Å²) in [7, 11) is 1.73. The van der Waals surface area contributed by atoms with Gasteiger partial charge in [-0.2, -0.15) is 15.0 Å². The summed E-state index contributed by atoms with van der Waals surface area (Å²) in [5, 5.41) is 26.7. The van der Waals surface area contributed by atoms with Crippen molar-refractivity contribution in [2.24, 2.45) is 0 Å². The number of hydrogen-bond acceptors (Lipinski definition) is 10. The third kappa shape index (κ3) is 8.39. The van der Waals surface area contributed by atoms with Crippen LogP contribution in [-0.2, 0) is 4.74 Å². The van der Waals surface area contributed by atoms with Crippen molar-refractivity contribution >= 4 is 17.8 Å². The Morgan fingerprint density at radius 2 is 1.53 bits per heavy atom. The molecule has 1 aliphatic carbocycles. The molecule has 1 aromatic rings. The highest BCUT2D eigenvalue weighted by atomic mass is 16.5. The maximum atomic E-state index is 9.65. The third-order valence-electron chi connectivity index (χ3n) is 7.19. The summed E-state index contributed by atoms with van der Waals surface area (Å²) >= 11 is 0. The summed E-state index contributed by atoms with van der Waals surface area (Å²) in [6.07, 6.45) is 8.73. The largest absolute Gasteiger partial charge is 0.395 e. The highest BCUT2D eigenvalue weighted by Gasteiger charge is 2.40. The maximum absolute atomic E-state index is 9.65. The molecular formula is C26H49N7O3. The normalized spacial score (nSPS) is 20.3. The zero-order valence-corrected chi connectivity index (χ0v) is 23.1. The smallest absolute Gasteiger partial charge is 0.232 e. The number of aliphatic hydroxyl groups excluding tert-OH is 2. The number of anilines is 3. The SMILES string of the molecule is COCCCN(c1nc(NC2CCCCC2)nc(N(CCO)CCO)n1)C1CC(C)(C)NC(C)(C)C1. The van der Waals surface area contributed by atoms with Gasteiger partial charge in [0.2, 0.25) is 17.8 Å². The molecule has 2 aliphatic rings. The van der Waals surface area contributed by atoms with Gasteiger partial charge in [0.1, 0.15) is 0 Å². The summed E-state index contributed by atoms with van der Waals surface area (Å²) < 4.78 is 5.38. The second-order valence-electron chi connectivity index (χ2n) is 11.7. The van der Waals surface area contributed by atoms with Crippen LogP contribution < -0.4 is 20.4 Å². The first-order chi connectivity index (χ1) is 17.2. The van der Waals surface area contributed by atoms with E-state index in [1.807, 2.05) is 4.90 Å². The van der Waals surface area contributed by atoms with Crippen LogP contribution in [0, 0.1) is 0 Å². The van der Waals surface area contributed by atoms with Crippen LogP contribution in [0.15, 0.2) is 0 Å². The van der Waals surface area contributed by atoms with Gasteiger partial charge < -0.3 is 35.4 Å². The highest BCUT2D eigenvalue weighted by molar-refractivity contribution is 5.47. The van der Waals surface area contributed by atoms with E-state index in [-0.39, 0.29) is 30.3 Å². The van der Waals surface area contributed by atoms with Crippen LogP contribution in [0.25, 0.3) is 0 Å². The van der Waals surface area contributed by atoms with Gasteiger partial charge in [0, 0.05) is 56.5 Å². The molecule has 0 amide bonds. The van der Waals surface area contributed by atoms with E-state index >= 15 is 0 Å². The first kappa shape index (κ1) is 28.8. The van der Waals surface area contributed by atoms with E-state index in [1.54, 1.807) is 7.11 Å². The fourth-order valence-electron chi connectivity index (χ4n) is 5.98. The molecule has 206 valence electrons. The molecule has 1 aliphatic heterocycles. The molecule has 0 spiro atoms. The Morgan fingerprint density at radius 3 is 2.11 bits per heavy atom. The fourth-order valence-corrected chi connectivity index (χ4v) is 5.98. The van der Waals surface area contributed by atoms with Gasteiger partial charge in [-0.25, -0.2) is 0 Å². The molecule has 10 heteroatoms. The molecule has 3 rings (SSSR count). The van der Waals surface area contributed by atoms with E-state index < -0.39 is 0 Å². The van der Waals surface area contributed by atoms with Crippen molar-refractivity contribution in [1.29, 1.82) is 0 Å². The number of aliphatic hydroxyl groups is 2. The van der Waals surface area contributed by atoms with Crippen molar-refractivity contribution in [1.82, 2.24) is 20.3 Å². The topological polar surface area (TPSA) is 119 Å². The number of rotatable bonds is 13. The highest BCUT2D eigenvalue weighted by Crippen LogP contribution is 2.34. The van der Waals surface area contributed by atoms with Crippen LogP contribution in [-0.4, -0.2) is 94.9 Å². The van der Waals surface area contributed by atoms with Crippen LogP contribution in [0.4, 0.5) is 17.8 Å². The van der Waals surface area contributed by atoms with Crippen molar-refractivity contribution in [2.45, 2.75) is 102 Å². The quantitative estimate of drug-likeness (QED) is 0.297. The first-order valence-corrected chi connectivity index (χ1v) is 13.7. The van der Waals surface area contributed by atoms with Crippen molar-refractivity contribution in [3.05, 3.63) is 0 Å². The van der Waals surface area contributed by atoms with Crippen LogP contribution in [0.5, 0.6) is 0 Å². The van der Waals surface area contributed by atoms with Gasteiger partial charge in [0.15, 0.2) is 0 Å². The van der Waals surface area contributed by atoms with Gasteiger partial charge in [-0.1, -0.05) is 19.3 Å². The number of ether oxygens (including phenoxy) is 1. The Hall–Kier alpha value is -1.75. The van der Waals surface area contributed by atoms with Gasteiger partial charge in [-0.3, -0.25) is 0 Å². The minimum absolute atomic E-state index is 0.0230. The van der Waals surface area contributed by atoms with Crippen LogP contribution in [0.3, 0.4) is 0 Å². The van der Waals surface area contributed by atoms with E-state index in [9.17, 15) is 10.2 Å². The lowest BCUT2D eigenvalue weighted by atomic mass is 9.79. The average molecular weight is 508 g/mol. The number of hydrogen-bond donors (Lipinski definition) is 4. The second-order valence-corrected chi connectivity index (χ2v) is 11.7. The molecule has 0 radical (unpaired) electrons. The molecule has 0 unspecified atom stereocenters. The molecule has 0 bridgehead atoms.